The van der Waals surface area contributed by atoms with Crippen LogP contribution in [-0.2, 0) is 20.7 Å². The molecule has 0 aliphatic rings. The van der Waals surface area contributed by atoms with Gasteiger partial charge in [0, 0.05) is 12.1 Å². The Morgan fingerprint density at radius 2 is 2.07 bits per heavy atom. The molecule has 0 saturated heterocycles. The zero-order chi connectivity index (χ0) is 21.8. The van der Waals surface area contributed by atoms with E-state index in [1.807, 2.05) is 17.5 Å². The Bertz CT molecular complexity index is 1070. The maximum absolute atomic E-state index is 12.7. The van der Waals surface area contributed by atoms with E-state index < -0.39 is 23.8 Å². The monoisotopic (exact) mass is 431 g/mol. The number of methoxy groups -OCH3 is 1. The molecule has 0 fully saturated rings. The summed E-state index contributed by atoms with van der Waals surface area (Å²) in [5, 5.41) is 5.79. The van der Waals surface area contributed by atoms with Gasteiger partial charge in [-0.25, -0.2) is 4.79 Å². The molecule has 3 aromatic heterocycles. The second kappa shape index (κ2) is 9.04. The summed E-state index contributed by atoms with van der Waals surface area (Å²) in [6.45, 7) is 4.79. The van der Waals surface area contributed by atoms with E-state index in [-0.39, 0.29) is 18.5 Å². The fraction of sp³-hybridized carbons (Fsp3) is 0.350. The van der Waals surface area contributed by atoms with E-state index in [0.29, 0.717) is 28.5 Å². The number of aromatic nitrogens is 3. The van der Waals surface area contributed by atoms with E-state index in [1.54, 1.807) is 13.8 Å². The van der Waals surface area contributed by atoms with E-state index in [1.165, 1.54) is 25.4 Å². The normalized spacial score (nSPS) is 11.9. The first-order valence-electron chi connectivity index (χ1n) is 9.19. The molecule has 0 bridgehead atoms. The van der Waals surface area contributed by atoms with Gasteiger partial charge in [0.1, 0.15) is 0 Å². The van der Waals surface area contributed by atoms with Gasteiger partial charge in [-0.05, 0) is 37.8 Å². The van der Waals surface area contributed by atoms with Gasteiger partial charge in [0.15, 0.2) is 6.10 Å². The number of hydrogen-bond donors (Lipinski definition) is 1. The van der Waals surface area contributed by atoms with Crippen molar-refractivity contribution in [3.05, 3.63) is 45.9 Å². The molecule has 9 nitrogen and oxygen atoms in total. The van der Waals surface area contributed by atoms with Crippen molar-refractivity contribution < 1.29 is 28.4 Å². The van der Waals surface area contributed by atoms with Crippen molar-refractivity contribution >= 4 is 29.1 Å². The number of nitrogens with one attached hydrogen (secondary N) is 1. The highest BCUT2D eigenvalue weighted by atomic mass is 32.1. The lowest BCUT2D eigenvalue weighted by molar-refractivity contribution is -0.146. The highest BCUT2D eigenvalue weighted by Crippen LogP contribution is 2.22. The first kappa shape index (κ1) is 21.4. The first-order valence-corrected chi connectivity index (χ1v) is 10.1. The van der Waals surface area contributed by atoms with Crippen LogP contribution < -0.4 is 0 Å². The van der Waals surface area contributed by atoms with Crippen molar-refractivity contribution in [1.82, 2.24) is 15.1 Å². The number of ketones is 1. The van der Waals surface area contributed by atoms with Crippen LogP contribution in [0.15, 0.2) is 22.0 Å². The summed E-state index contributed by atoms with van der Waals surface area (Å²) in [5.74, 6) is -0.757. The molecule has 0 amide bonds. The third-order valence-electron chi connectivity index (χ3n) is 4.50. The van der Waals surface area contributed by atoms with Gasteiger partial charge >= 0.3 is 11.9 Å². The number of rotatable bonds is 8. The van der Waals surface area contributed by atoms with Gasteiger partial charge in [-0.15, -0.1) is 11.3 Å². The smallest absolute Gasteiger partial charge is 0.339 e. The lowest BCUT2D eigenvalue weighted by Gasteiger charge is -2.11. The number of Topliss-reactive ketones (excluding diaryl/α,β-unsaturated/α-hetero) is 1. The molecule has 0 spiro atoms. The third-order valence-corrected chi connectivity index (χ3v) is 5.37. The number of esters is 2. The minimum absolute atomic E-state index is 0.0140. The van der Waals surface area contributed by atoms with Gasteiger partial charge in [-0.3, -0.25) is 9.59 Å². The lowest BCUT2D eigenvalue weighted by atomic mass is 10.1. The number of carbonyl (C=O) groups excluding carboxylic acids is 3. The Morgan fingerprint density at radius 3 is 2.73 bits per heavy atom. The Morgan fingerprint density at radius 1 is 1.30 bits per heavy atom. The predicted molar refractivity (Wildman–Crippen MR) is 107 cm³/mol. The number of thiophene rings is 1. The van der Waals surface area contributed by atoms with Gasteiger partial charge < -0.3 is 19.0 Å². The van der Waals surface area contributed by atoms with Crippen LogP contribution in [0.1, 0.15) is 51.3 Å². The van der Waals surface area contributed by atoms with Crippen LogP contribution in [0.2, 0.25) is 0 Å². The van der Waals surface area contributed by atoms with Crippen molar-refractivity contribution in [1.29, 1.82) is 0 Å². The van der Waals surface area contributed by atoms with Gasteiger partial charge in [0.25, 0.3) is 0 Å². The summed E-state index contributed by atoms with van der Waals surface area (Å²) >= 11 is 1.48. The molecule has 1 N–H and O–H groups in total. The van der Waals surface area contributed by atoms with Crippen LogP contribution in [0, 0.1) is 13.8 Å². The third kappa shape index (κ3) is 4.48. The average molecular weight is 431 g/mol. The van der Waals surface area contributed by atoms with Crippen LogP contribution in [0.4, 0.5) is 0 Å². The Hall–Kier alpha value is -3.27. The fourth-order valence-electron chi connectivity index (χ4n) is 2.99. The molecule has 1 unspecified atom stereocenters. The molecule has 10 heteroatoms. The molecule has 1 atom stereocenters. The van der Waals surface area contributed by atoms with E-state index in [4.69, 9.17) is 14.0 Å². The molecule has 158 valence electrons. The molecule has 0 saturated carbocycles. The van der Waals surface area contributed by atoms with E-state index in [0.717, 1.165) is 4.88 Å². The molecule has 3 aromatic rings. The van der Waals surface area contributed by atoms with Crippen molar-refractivity contribution in [3.8, 4) is 10.7 Å². The number of ether oxygens (including phenoxy) is 2. The molecule has 0 aromatic carbocycles. The second-order valence-electron chi connectivity index (χ2n) is 6.60. The molecule has 0 aliphatic heterocycles. The SMILES string of the molecule is COC(=O)c1c(C)[nH]c(C(=O)C(C)OC(=O)CCc2nc(-c3cccs3)no2)c1C. The Balaban J connectivity index is 1.58. The number of aryl methyl sites for hydroxylation is 2. The maximum Gasteiger partial charge on any atom is 0.339 e. The molecule has 3 rings (SSSR count). The standard InChI is InChI=1S/C20H21N3O6S/c1-10-16(20(26)27-4)11(2)21-17(10)18(25)12(3)28-15(24)8-7-14-22-19(23-29-14)13-6-5-9-30-13/h5-6,9,12,21H,7-8H2,1-4H3. The van der Waals surface area contributed by atoms with Gasteiger partial charge in [0.2, 0.25) is 17.5 Å². The quantitative estimate of drug-likeness (QED) is 0.426. The number of hydrogen-bond acceptors (Lipinski definition) is 9. The summed E-state index contributed by atoms with van der Waals surface area (Å²) in [4.78, 5) is 44.7. The number of nitrogens with zero attached hydrogens (tertiary/aromatic N) is 2. The minimum Gasteiger partial charge on any atom is -0.465 e. The summed E-state index contributed by atoms with van der Waals surface area (Å²) in [5.41, 5.74) is 1.49. The van der Waals surface area contributed by atoms with Crippen LogP contribution in [0.25, 0.3) is 10.7 Å². The molecular formula is C20H21N3O6S. The molecular weight excluding hydrogens is 410 g/mol. The van der Waals surface area contributed by atoms with E-state index in [9.17, 15) is 14.4 Å². The van der Waals surface area contributed by atoms with Crippen molar-refractivity contribution in [2.45, 2.75) is 39.7 Å². The second-order valence-corrected chi connectivity index (χ2v) is 7.55. The summed E-state index contributed by atoms with van der Waals surface area (Å²) in [6, 6.07) is 3.75. The number of H-pyrrole nitrogens is 1. The van der Waals surface area contributed by atoms with E-state index >= 15 is 0 Å². The van der Waals surface area contributed by atoms with Gasteiger partial charge in [-0.2, -0.15) is 4.98 Å². The van der Waals surface area contributed by atoms with Crippen LogP contribution >= 0.6 is 11.3 Å². The average Bonchev–Trinajstić information content (AvgIpc) is 3.45. The highest BCUT2D eigenvalue weighted by Gasteiger charge is 2.27. The molecule has 0 radical (unpaired) electrons. The van der Waals surface area contributed by atoms with Gasteiger partial charge in [0.05, 0.1) is 29.7 Å². The largest absolute Gasteiger partial charge is 0.465 e. The fourth-order valence-corrected chi connectivity index (χ4v) is 3.64. The summed E-state index contributed by atoms with van der Waals surface area (Å²) in [6.07, 6.45) is -0.838. The lowest BCUT2D eigenvalue weighted by Crippen LogP contribution is -2.25. The highest BCUT2D eigenvalue weighted by molar-refractivity contribution is 7.13. The summed E-state index contributed by atoms with van der Waals surface area (Å²) < 4.78 is 15.1. The van der Waals surface area contributed by atoms with Gasteiger partial charge in [-0.1, -0.05) is 11.2 Å². The predicted octanol–water partition coefficient (Wildman–Crippen LogP) is 3.28. The van der Waals surface area contributed by atoms with Crippen LogP contribution in [0.3, 0.4) is 0 Å². The van der Waals surface area contributed by atoms with Crippen LogP contribution in [-0.4, -0.2) is 46.1 Å². The zero-order valence-corrected chi connectivity index (χ0v) is 17.8. The van der Waals surface area contributed by atoms with Crippen LogP contribution in [0.5, 0.6) is 0 Å². The number of carbonyl (C=O) groups is 3. The Labute approximate surface area is 176 Å². The van der Waals surface area contributed by atoms with Crippen molar-refractivity contribution in [3.63, 3.8) is 0 Å². The van der Waals surface area contributed by atoms with E-state index in [2.05, 4.69) is 15.1 Å². The Kier molecular flexibility index (Phi) is 6.46. The molecule has 30 heavy (non-hydrogen) atoms. The maximum atomic E-state index is 12.7. The number of aromatic amines is 1. The topological polar surface area (TPSA) is 124 Å². The zero-order valence-electron chi connectivity index (χ0n) is 17.0. The summed E-state index contributed by atoms with van der Waals surface area (Å²) in [7, 11) is 1.27. The molecule has 0 aliphatic carbocycles. The van der Waals surface area contributed by atoms with Crippen molar-refractivity contribution in [2.24, 2.45) is 0 Å². The molecule has 3 heterocycles. The minimum atomic E-state index is -1.02. The van der Waals surface area contributed by atoms with Crippen molar-refractivity contribution in [2.75, 3.05) is 7.11 Å². The first-order chi connectivity index (χ1) is 14.3.